The number of aliphatic hydroxyl groups excluding tert-OH is 1. The van der Waals surface area contributed by atoms with Crippen LogP contribution in [-0.4, -0.2) is 34.1 Å². The summed E-state index contributed by atoms with van der Waals surface area (Å²) in [7, 11) is 0. The van der Waals surface area contributed by atoms with Crippen molar-refractivity contribution < 1.29 is 14.7 Å². The van der Waals surface area contributed by atoms with Gasteiger partial charge in [-0.3, -0.25) is 9.59 Å². The number of nitrogens with one attached hydrogen (secondary N) is 2. The lowest BCUT2D eigenvalue weighted by Crippen LogP contribution is -2.41. The fourth-order valence-corrected chi connectivity index (χ4v) is 3.09. The van der Waals surface area contributed by atoms with Crippen LogP contribution in [0.5, 0.6) is 0 Å². The molecule has 2 rings (SSSR count). The van der Waals surface area contributed by atoms with Crippen LogP contribution in [0.2, 0.25) is 0 Å². The third-order valence-electron chi connectivity index (χ3n) is 4.37. The first-order chi connectivity index (χ1) is 14.4. The number of rotatable bonds is 6. The molecule has 0 unspecified atom stereocenters. The van der Waals surface area contributed by atoms with Crippen LogP contribution in [0.15, 0.2) is 54.6 Å². The van der Waals surface area contributed by atoms with Gasteiger partial charge >= 0.3 is 0 Å². The lowest BCUT2D eigenvalue weighted by molar-refractivity contribution is 0.0909. The smallest absolute Gasteiger partial charge is 0.252 e. The van der Waals surface area contributed by atoms with Crippen LogP contribution in [0.25, 0.3) is 6.08 Å². The van der Waals surface area contributed by atoms with Gasteiger partial charge in [-0.15, -0.1) is 0 Å². The second-order valence-corrected chi connectivity index (χ2v) is 9.78. The molecule has 3 N–H and O–H groups in total. The zero-order chi connectivity index (χ0) is 23.2. The molecule has 0 radical (unpaired) electrons. The predicted molar refractivity (Wildman–Crippen MR) is 126 cm³/mol. The maximum absolute atomic E-state index is 12.6. The number of hydrogen-bond acceptors (Lipinski definition) is 3. The zero-order valence-corrected chi connectivity index (χ0v) is 19.3. The van der Waals surface area contributed by atoms with Crippen molar-refractivity contribution in [3.05, 3.63) is 76.9 Å². The molecule has 5 nitrogen and oxygen atoms in total. The highest BCUT2D eigenvalue weighted by Gasteiger charge is 2.19. The van der Waals surface area contributed by atoms with Crippen LogP contribution < -0.4 is 10.6 Å². The van der Waals surface area contributed by atoms with Crippen LogP contribution in [0, 0.1) is 0 Å². The van der Waals surface area contributed by atoms with E-state index in [1.807, 2.05) is 77.9 Å². The van der Waals surface area contributed by atoms with E-state index in [-0.39, 0.29) is 22.9 Å². The molecule has 0 aliphatic carbocycles. The Kier molecular flexibility index (Phi) is 7.80. The Hall–Kier alpha value is -2.92. The van der Waals surface area contributed by atoms with Crippen molar-refractivity contribution in [2.75, 3.05) is 0 Å². The minimum atomic E-state index is -0.803. The van der Waals surface area contributed by atoms with E-state index in [1.165, 1.54) is 0 Å². The molecule has 1 atom stereocenters. The van der Waals surface area contributed by atoms with Gasteiger partial charge in [0.05, 0.1) is 6.10 Å². The Morgan fingerprint density at radius 3 is 1.90 bits per heavy atom. The molecular weight excluding hydrogens is 388 g/mol. The summed E-state index contributed by atoms with van der Waals surface area (Å²) >= 11 is 0. The van der Waals surface area contributed by atoms with Gasteiger partial charge in [0, 0.05) is 28.6 Å². The molecule has 0 aliphatic rings. The van der Waals surface area contributed by atoms with Gasteiger partial charge in [-0.2, -0.15) is 0 Å². The first-order valence-electron chi connectivity index (χ1n) is 10.5. The van der Waals surface area contributed by atoms with E-state index < -0.39 is 6.10 Å². The minimum absolute atomic E-state index is 0.161. The molecule has 0 aromatic heterocycles. The van der Waals surface area contributed by atoms with E-state index in [0.29, 0.717) is 17.5 Å². The maximum atomic E-state index is 12.6. The fraction of sp³-hybridized carbons (Fsp3) is 0.385. The van der Waals surface area contributed by atoms with Crippen LogP contribution in [0.3, 0.4) is 0 Å². The standard InChI is InChI=1S/C26H34N2O3/c1-25(2,3)27-23(30)21-13-9-7-11-18(21)15-16-20(29)17-19-12-8-10-14-22(19)24(31)28-26(4,5)6/h7-16,20,29H,17H2,1-6H3,(H,27,30)(H,28,31)/b16-15+/t20-/m1/s1. The van der Waals surface area contributed by atoms with Crippen molar-refractivity contribution in [2.24, 2.45) is 0 Å². The molecule has 0 heterocycles. The first kappa shape index (κ1) is 24.4. The van der Waals surface area contributed by atoms with E-state index in [1.54, 1.807) is 24.3 Å². The Morgan fingerprint density at radius 1 is 0.839 bits per heavy atom. The Balaban J connectivity index is 2.17. The molecule has 5 heteroatoms. The van der Waals surface area contributed by atoms with Gasteiger partial charge in [-0.25, -0.2) is 0 Å². The van der Waals surface area contributed by atoms with Gasteiger partial charge in [-0.05, 0) is 64.8 Å². The Morgan fingerprint density at radius 2 is 1.32 bits per heavy atom. The summed E-state index contributed by atoms with van der Waals surface area (Å²) in [6, 6.07) is 14.5. The van der Waals surface area contributed by atoms with Crippen molar-refractivity contribution in [1.29, 1.82) is 0 Å². The number of aliphatic hydroxyl groups is 1. The molecule has 2 aromatic rings. The monoisotopic (exact) mass is 422 g/mol. The van der Waals surface area contributed by atoms with E-state index in [2.05, 4.69) is 10.6 Å². The summed E-state index contributed by atoms with van der Waals surface area (Å²) in [5, 5.41) is 16.5. The number of carbonyl (C=O) groups excluding carboxylic acids is 2. The minimum Gasteiger partial charge on any atom is -0.389 e. The van der Waals surface area contributed by atoms with Crippen LogP contribution in [0.4, 0.5) is 0 Å². The Bertz CT molecular complexity index is 950. The summed E-state index contributed by atoms with van der Waals surface area (Å²) in [5.74, 6) is -0.324. The molecule has 166 valence electrons. The van der Waals surface area contributed by atoms with E-state index in [0.717, 1.165) is 11.1 Å². The van der Waals surface area contributed by atoms with Crippen LogP contribution in [-0.2, 0) is 6.42 Å². The maximum Gasteiger partial charge on any atom is 0.252 e. The summed E-state index contributed by atoms with van der Waals surface area (Å²) in [6.45, 7) is 11.6. The molecule has 2 aromatic carbocycles. The van der Waals surface area contributed by atoms with E-state index >= 15 is 0 Å². The second-order valence-electron chi connectivity index (χ2n) is 9.78. The van der Waals surface area contributed by atoms with Crippen molar-refractivity contribution >= 4 is 17.9 Å². The summed E-state index contributed by atoms with van der Waals surface area (Å²) in [5.41, 5.74) is 1.90. The van der Waals surface area contributed by atoms with Gasteiger partial charge in [0.25, 0.3) is 11.8 Å². The third-order valence-corrected chi connectivity index (χ3v) is 4.37. The molecule has 0 aliphatic heterocycles. The van der Waals surface area contributed by atoms with Gasteiger partial charge < -0.3 is 15.7 Å². The number of carbonyl (C=O) groups is 2. The average Bonchev–Trinajstić information content (AvgIpc) is 2.64. The normalized spacial score (nSPS) is 13.1. The van der Waals surface area contributed by atoms with Crippen LogP contribution >= 0.6 is 0 Å². The van der Waals surface area contributed by atoms with E-state index in [9.17, 15) is 14.7 Å². The summed E-state index contributed by atoms with van der Waals surface area (Å²) < 4.78 is 0. The van der Waals surface area contributed by atoms with Gasteiger partial charge in [0.2, 0.25) is 0 Å². The number of benzene rings is 2. The van der Waals surface area contributed by atoms with E-state index in [4.69, 9.17) is 0 Å². The highest BCUT2D eigenvalue weighted by Crippen LogP contribution is 2.16. The quantitative estimate of drug-likeness (QED) is 0.647. The molecule has 0 saturated heterocycles. The highest BCUT2D eigenvalue weighted by atomic mass is 16.3. The SMILES string of the molecule is CC(C)(C)NC(=O)c1ccccc1/C=C/[C@@H](O)Cc1ccccc1C(=O)NC(C)(C)C. The van der Waals surface area contributed by atoms with Crippen molar-refractivity contribution in [2.45, 2.75) is 65.1 Å². The topological polar surface area (TPSA) is 78.4 Å². The molecule has 31 heavy (non-hydrogen) atoms. The largest absolute Gasteiger partial charge is 0.389 e. The first-order valence-corrected chi connectivity index (χ1v) is 10.5. The second kappa shape index (κ2) is 9.92. The summed E-state index contributed by atoms with van der Waals surface area (Å²) in [6.07, 6.45) is 2.89. The van der Waals surface area contributed by atoms with Crippen molar-refractivity contribution in [3.63, 3.8) is 0 Å². The molecular formula is C26H34N2O3. The average molecular weight is 423 g/mol. The zero-order valence-electron chi connectivity index (χ0n) is 19.3. The highest BCUT2D eigenvalue weighted by molar-refractivity contribution is 5.98. The molecule has 0 fully saturated rings. The summed E-state index contributed by atoms with van der Waals surface area (Å²) in [4.78, 5) is 25.2. The third kappa shape index (κ3) is 8.02. The van der Waals surface area contributed by atoms with Gasteiger partial charge in [0.15, 0.2) is 0 Å². The van der Waals surface area contributed by atoms with Crippen molar-refractivity contribution in [3.8, 4) is 0 Å². The van der Waals surface area contributed by atoms with Crippen molar-refractivity contribution in [1.82, 2.24) is 10.6 Å². The molecule has 0 saturated carbocycles. The molecule has 2 amide bonds. The van der Waals surface area contributed by atoms with Crippen LogP contribution in [0.1, 0.15) is 73.4 Å². The Labute approximate surface area is 185 Å². The fourth-order valence-electron chi connectivity index (χ4n) is 3.09. The predicted octanol–water partition coefficient (Wildman–Crippen LogP) is 4.36. The molecule has 0 bridgehead atoms. The molecule has 0 spiro atoms. The lowest BCUT2D eigenvalue weighted by Gasteiger charge is -2.22. The van der Waals surface area contributed by atoms with Gasteiger partial charge in [0.1, 0.15) is 0 Å². The lowest BCUT2D eigenvalue weighted by atomic mass is 9.98. The van der Waals surface area contributed by atoms with Gasteiger partial charge in [-0.1, -0.05) is 48.6 Å². The number of amides is 2. The number of hydrogen-bond donors (Lipinski definition) is 3.